The average Bonchev–Trinajstić information content (AvgIpc) is 2.35. The third-order valence-electron chi connectivity index (χ3n) is 3.08. The van der Waals surface area contributed by atoms with Gasteiger partial charge in [0.25, 0.3) is 0 Å². The Kier molecular flexibility index (Phi) is 7.70. The SMILES string of the molecule is CCNC(=S)CCCN(C(C)=S)C1CCCCO1. The molecule has 0 aromatic rings. The highest BCUT2D eigenvalue weighted by atomic mass is 32.1. The van der Waals surface area contributed by atoms with Crippen molar-refractivity contribution in [3.05, 3.63) is 0 Å². The summed E-state index contributed by atoms with van der Waals surface area (Å²) in [7, 11) is 0. The van der Waals surface area contributed by atoms with Crippen LogP contribution >= 0.6 is 24.4 Å². The summed E-state index contributed by atoms with van der Waals surface area (Å²) in [6.07, 6.45) is 5.63. The molecule has 1 saturated heterocycles. The van der Waals surface area contributed by atoms with Gasteiger partial charge < -0.3 is 15.0 Å². The standard InChI is InChI=1S/C13H24N2OS2/c1-3-14-12(18)7-6-9-15(11(2)17)13-8-4-5-10-16-13/h13H,3-10H2,1-2H3,(H,14,18). The molecule has 18 heavy (non-hydrogen) atoms. The smallest absolute Gasteiger partial charge is 0.130 e. The third-order valence-corrected chi connectivity index (χ3v) is 3.67. The number of hydrogen-bond acceptors (Lipinski definition) is 3. The predicted molar refractivity (Wildman–Crippen MR) is 84.1 cm³/mol. The quantitative estimate of drug-likeness (QED) is 0.758. The van der Waals surface area contributed by atoms with Gasteiger partial charge in [-0.25, -0.2) is 0 Å². The van der Waals surface area contributed by atoms with Crippen LogP contribution in [0.25, 0.3) is 0 Å². The zero-order valence-corrected chi connectivity index (χ0v) is 13.0. The van der Waals surface area contributed by atoms with Crippen molar-refractivity contribution >= 4 is 34.4 Å². The highest BCUT2D eigenvalue weighted by Gasteiger charge is 2.21. The number of hydrogen-bond donors (Lipinski definition) is 1. The van der Waals surface area contributed by atoms with E-state index in [2.05, 4.69) is 17.1 Å². The predicted octanol–water partition coefficient (Wildman–Crippen LogP) is 2.88. The van der Waals surface area contributed by atoms with Crippen LogP contribution in [0.1, 0.15) is 46.0 Å². The summed E-state index contributed by atoms with van der Waals surface area (Å²) in [5.74, 6) is 0. The fraction of sp³-hybridized carbons (Fsp3) is 0.846. The van der Waals surface area contributed by atoms with Crippen molar-refractivity contribution in [2.45, 2.75) is 52.2 Å². The summed E-state index contributed by atoms with van der Waals surface area (Å²) in [6.45, 7) is 6.75. The van der Waals surface area contributed by atoms with E-state index in [9.17, 15) is 0 Å². The molecule has 0 amide bonds. The lowest BCUT2D eigenvalue weighted by Gasteiger charge is -2.35. The fourth-order valence-electron chi connectivity index (χ4n) is 2.17. The van der Waals surface area contributed by atoms with E-state index >= 15 is 0 Å². The number of ether oxygens (including phenoxy) is 1. The molecule has 1 aliphatic heterocycles. The molecule has 3 nitrogen and oxygen atoms in total. The van der Waals surface area contributed by atoms with E-state index in [0.29, 0.717) is 0 Å². The van der Waals surface area contributed by atoms with Crippen LogP contribution < -0.4 is 5.32 Å². The van der Waals surface area contributed by atoms with Gasteiger partial charge in [0.2, 0.25) is 0 Å². The molecule has 0 radical (unpaired) electrons. The molecule has 1 rings (SSSR count). The number of nitrogens with zero attached hydrogens (tertiary/aromatic N) is 1. The van der Waals surface area contributed by atoms with Crippen LogP contribution in [0.2, 0.25) is 0 Å². The normalized spacial score (nSPS) is 19.3. The largest absolute Gasteiger partial charge is 0.380 e. The Labute approximate surface area is 121 Å². The van der Waals surface area contributed by atoms with Gasteiger partial charge in [0, 0.05) is 19.7 Å². The Bertz CT molecular complexity index is 278. The molecule has 0 aromatic carbocycles. The Morgan fingerprint density at radius 3 is 2.72 bits per heavy atom. The Morgan fingerprint density at radius 1 is 1.39 bits per heavy atom. The van der Waals surface area contributed by atoms with Crippen molar-refractivity contribution in [1.82, 2.24) is 10.2 Å². The second kappa shape index (κ2) is 8.77. The van der Waals surface area contributed by atoms with E-state index in [1.807, 2.05) is 6.92 Å². The van der Waals surface area contributed by atoms with Crippen LogP contribution in [0.15, 0.2) is 0 Å². The van der Waals surface area contributed by atoms with Crippen molar-refractivity contribution in [2.75, 3.05) is 19.7 Å². The first kappa shape index (κ1) is 15.8. The van der Waals surface area contributed by atoms with Crippen molar-refractivity contribution in [1.29, 1.82) is 0 Å². The van der Waals surface area contributed by atoms with Crippen molar-refractivity contribution in [3.63, 3.8) is 0 Å². The highest BCUT2D eigenvalue weighted by molar-refractivity contribution is 7.80. The molecule has 0 aromatic heterocycles. The van der Waals surface area contributed by atoms with Crippen LogP contribution in [-0.4, -0.2) is 40.8 Å². The zero-order valence-electron chi connectivity index (χ0n) is 11.4. The second-order valence-corrected chi connectivity index (χ2v) is 5.67. The van der Waals surface area contributed by atoms with Gasteiger partial charge in [-0.05, 0) is 46.0 Å². The second-order valence-electron chi connectivity index (χ2n) is 4.59. The van der Waals surface area contributed by atoms with Gasteiger partial charge in [0.05, 0.1) is 9.98 Å². The van der Waals surface area contributed by atoms with Crippen LogP contribution in [0.5, 0.6) is 0 Å². The molecule has 104 valence electrons. The molecule has 5 heteroatoms. The van der Waals surface area contributed by atoms with Gasteiger partial charge in [-0.3, -0.25) is 0 Å². The van der Waals surface area contributed by atoms with Crippen LogP contribution in [0.4, 0.5) is 0 Å². The molecule has 0 aliphatic carbocycles. The number of rotatable bonds is 6. The minimum Gasteiger partial charge on any atom is -0.380 e. The molecule has 1 N–H and O–H groups in total. The minimum absolute atomic E-state index is 0.184. The van der Waals surface area contributed by atoms with E-state index in [1.165, 1.54) is 12.8 Å². The molecular weight excluding hydrogens is 264 g/mol. The Hall–Kier alpha value is -0.260. The summed E-state index contributed by atoms with van der Waals surface area (Å²) in [6, 6.07) is 0. The van der Waals surface area contributed by atoms with Crippen LogP contribution in [0, 0.1) is 0 Å². The van der Waals surface area contributed by atoms with Crippen LogP contribution in [-0.2, 0) is 4.74 Å². The molecule has 1 unspecified atom stereocenters. The molecule has 1 fully saturated rings. The summed E-state index contributed by atoms with van der Waals surface area (Å²) in [5.41, 5.74) is 0. The maximum atomic E-state index is 5.80. The summed E-state index contributed by atoms with van der Waals surface area (Å²) in [4.78, 5) is 4.09. The molecule has 1 atom stereocenters. The zero-order chi connectivity index (χ0) is 13.4. The van der Waals surface area contributed by atoms with Gasteiger partial charge >= 0.3 is 0 Å². The lowest BCUT2D eigenvalue weighted by molar-refractivity contribution is -0.0553. The maximum absolute atomic E-state index is 5.80. The monoisotopic (exact) mass is 288 g/mol. The molecule has 1 heterocycles. The molecule has 0 bridgehead atoms. The fourth-order valence-corrected chi connectivity index (χ4v) is 2.67. The Morgan fingerprint density at radius 2 is 2.17 bits per heavy atom. The van der Waals surface area contributed by atoms with E-state index in [0.717, 1.165) is 48.9 Å². The van der Waals surface area contributed by atoms with Crippen LogP contribution in [0.3, 0.4) is 0 Å². The summed E-state index contributed by atoms with van der Waals surface area (Å²) in [5, 5.41) is 3.18. The minimum atomic E-state index is 0.184. The Balaban J connectivity index is 2.33. The lowest BCUT2D eigenvalue weighted by Crippen LogP contribution is -2.42. The van der Waals surface area contributed by atoms with Gasteiger partial charge in [-0.2, -0.15) is 0 Å². The van der Waals surface area contributed by atoms with Gasteiger partial charge in [0.1, 0.15) is 6.23 Å². The van der Waals surface area contributed by atoms with Crippen molar-refractivity contribution < 1.29 is 4.74 Å². The van der Waals surface area contributed by atoms with Gasteiger partial charge in [-0.15, -0.1) is 0 Å². The van der Waals surface area contributed by atoms with Gasteiger partial charge in [-0.1, -0.05) is 24.4 Å². The first-order chi connectivity index (χ1) is 8.65. The lowest BCUT2D eigenvalue weighted by atomic mass is 10.1. The number of nitrogens with one attached hydrogen (secondary N) is 1. The van der Waals surface area contributed by atoms with E-state index < -0.39 is 0 Å². The van der Waals surface area contributed by atoms with Crippen molar-refractivity contribution in [3.8, 4) is 0 Å². The van der Waals surface area contributed by atoms with Gasteiger partial charge in [0.15, 0.2) is 0 Å². The van der Waals surface area contributed by atoms with E-state index in [4.69, 9.17) is 29.2 Å². The first-order valence-electron chi connectivity index (χ1n) is 6.80. The molecule has 0 saturated carbocycles. The first-order valence-corrected chi connectivity index (χ1v) is 7.62. The molecule has 1 aliphatic rings. The van der Waals surface area contributed by atoms with Crippen molar-refractivity contribution in [2.24, 2.45) is 0 Å². The third kappa shape index (κ3) is 5.59. The van der Waals surface area contributed by atoms with E-state index in [1.54, 1.807) is 0 Å². The van der Waals surface area contributed by atoms with E-state index in [-0.39, 0.29) is 6.23 Å². The number of thiocarbonyl (C=S) groups is 2. The average molecular weight is 288 g/mol. The summed E-state index contributed by atoms with van der Waals surface area (Å²) < 4.78 is 5.80. The summed E-state index contributed by atoms with van der Waals surface area (Å²) >= 11 is 10.6. The topological polar surface area (TPSA) is 24.5 Å². The maximum Gasteiger partial charge on any atom is 0.130 e. The molecular formula is C13H24N2OS2. The molecule has 0 spiro atoms. The highest BCUT2D eigenvalue weighted by Crippen LogP contribution is 2.18.